The quantitative estimate of drug-likeness (QED) is 0.349. The molecule has 0 amide bonds. The molecule has 0 saturated carbocycles. The van der Waals surface area contributed by atoms with Crippen LogP contribution in [0.1, 0.15) is 19.3 Å². The van der Waals surface area contributed by atoms with Gasteiger partial charge in [0.25, 0.3) is 0 Å². The SMILES string of the molecule is C=CC1CC/C(=C2\CCOC2=O)O1. The predicted octanol–water partition coefficient (Wildman–Crippen LogP) is 1.55. The summed E-state index contributed by atoms with van der Waals surface area (Å²) in [4.78, 5) is 11.2. The van der Waals surface area contributed by atoms with E-state index in [1.807, 2.05) is 0 Å². The molecule has 2 saturated heterocycles. The average molecular weight is 180 g/mol. The zero-order chi connectivity index (χ0) is 9.26. The summed E-state index contributed by atoms with van der Waals surface area (Å²) in [6.07, 6.45) is 4.30. The van der Waals surface area contributed by atoms with Crippen LogP contribution in [-0.4, -0.2) is 18.7 Å². The van der Waals surface area contributed by atoms with E-state index in [0.29, 0.717) is 13.0 Å². The van der Waals surface area contributed by atoms with E-state index >= 15 is 0 Å². The lowest BCUT2D eigenvalue weighted by Crippen LogP contribution is -2.01. The number of cyclic esters (lactones) is 1. The molecule has 2 aliphatic heterocycles. The van der Waals surface area contributed by atoms with Gasteiger partial charge in [-0.25, -0.2) is 4.79 Å². The molecule has 13 heavy (non-hydrogen) atoms. The smallest absolute Gasteiger partial charge is 0.337 e. The van der Waals surface area contributed by atoms with Crippen molar-refractivity contribution in [3.8, 4) is 0 Å². The number of esters is 1. The minimum atomic E-state index is -0.209. The summed E-state index contributed by atoms with van der Waals surface area (Å²) in [5, 5.41) is 0. The minimum absolute atomic E-state index is 0.0795. The van der Waals surface area contributed by atoms with Crippen LogP contribution in [0.3, 0.4) is 0 Å². The Morgan fingerprint density at radius 3 is 2.85 bits per heavy atom. The van der Waals surface area contributed by atoms with E-state index in [4.69, 9.17) is 9.47 Å². The summed E-state index contributed by atoms with van der Waals surface area (Å²) in [6.45, 7) is 4.16. The van der Waals surface area contributed by atoms with Crippen LogP contribution < -0.4 is 0 Å². The molecule has 2 fully saturated rings. The molecule has 0 aromatic rings. The summed E-state index contributed by atoms with van der Waals surface area (Å²) in [7, 11) is 0. The molecule has 3 nitrogen and oxygen atoms in total. The van der Waals surface area contributed by atoms with Crippen molar-refractivity contribution >= 4 is 5.97 Å². The highest BCUT2D eigenvalue weighted by Crippen LogP contribution is 2.30. The Balaban J connectivity index is 2.16. The van der Waals surface area contributed by atoms with Gasteiger partial charge in [0, 0.05) is 12.8 Å². The number of hydrogen-bond acceptors (Lipinski definition) is 3. The lowest BCUT2D eigenvalue weighted by molar-refractivity contribution is -0.135. The van der Waals surface area contributed by atoms with Crippen molar-refractivity contribution in [2.24, 2.45) is 0 Å². The Labute approximate surface area is 77.0 Å². The Kier molecular flexibility index (Phi) is 2.08. The normalized spacial score (nSPS) is 32.9. The number of allylic oxidation sites excluding steroid dienone is 1. The topological polar surface area (TPSA) is 35.5 Å². The highest BCUT2D eigenvalue weighted by molar-refractivity contribution is 5.90. The summed E-state index contributed by atoms with van der Waals surface area (Å²) in [6, 6.07) is 0. The van der Waals surface area contributed by atoms with Crippen LogP contribution in [0.4, 0.5) is 0 Å². The first-order valence-electron chi connectivity index (χ1n) is 4.49. The van der Waals surface area contributed by atoms with Gasteiger partial charge in [-0.1, -0.05) is 12.7 Å². The van der Waals surface area contributed by atoms with Gasteiger partial charge in [0.05, 0.1) is 12.2 Å². The third-order valence-corrected chi connectivity index (χ3v) is 2.38. The maximum absolute atomic E-state index is 11.2. The number of ether oxygens (including phenoxy) is 2. The zero-order valence-corrected chi connectivity index (χ0v) is 7.41. The summed E-state index contributed by atoms with van der Waals surface area (Å²) < 4.78 is 10.4. The third-order valence-electron chi connectivity index (χ3n) is 2.38. The highest BCUT2D eigenvalue weighted by Gasteiger charge is 2.28. The number of rotatable bonds is 1. The minimum Gasteiger partial charge on any atom is -0.490 e. The molecular formula is C10H12O3. The molecule has 0 aliphatic carbocycles. The predicted molar refractivity (Wildman–Crippen MR) is 46.9 cm³/mol. The third kappa shape index (κ3) is 1.46. The second-order valence-electron chi connectivity index (χ2n) is 3.22. The monoisotopic (exact) mass is 180 g/mol. The van der Waals surface area contributed by atoms with Crippen molar-refractivity contribution in [2.45, 2.75) is 25.4 Å². The van der Waals surface area contributed by atoms with Crippen LogP contribution in [-0.2, 0) is 14.3 Å². The number of hydrogen-bond donors (Lipinski definition) is 0. The van der Waals surface area contributed by atoms with Crippen LogP contribution in [0.15, 0.2) is 24.0 Å². The van der Waals surface area contributed by atoms with Crippen LogP contribution >= 0.6 is 0 Å². The maximum atomic E-state index is 11.2. The zero-order valence-electron chi connectivity index (χ0n) is 7.41. The van der Waals surface area contributed by atoms with E-state index in [-0.39, 0.29) is 12.1 Å². The van der Waals surface area contributed by atoms with Crippen molar-refractivity contribution < 1.29 is 14.3 Å². The average Bonchev–Trinajstić information content (AvgIpc) is 2.71. The van der Waals surface area contributed by atoms with E-state index in [0.717, 1.165) is 24.2 Å². The Bertz CT molecular complexity index is 278. The van der Waals surface area contributed by atoms with Gasteiger partial charge in [-0.2, -0.15) is 0 Å². The van der Waals surface area contributed by atoms with Gasteiger partial charge in [0.2, 0.25) is 0 Å². The van der Waals surface area contributed by atoms with Gasteiger partial charge in [-0.3, -0.25) is 0 Å². The molecule has 70 valence electrons. The van der Waals surface area contributed by atoms with E-state index < -0.39 is 0 Å². The lowest BCUT2D eigenvalue weighted by atomic mass is 10.1. The Morgan fingerprint density at radius 2 is 2.31 bits per heavy atom. The van der Waals surface area contributed by atoms with E-state index in [1.54, 1.807) is 6.08 Å². The molecular weight excluding hydrogens is 168 g/mol. The van der Waals surface area contributed by atoms with Crippen molar-refractivity contribution in [2.75, 3.05) is 6.61 Å². The number of carbonyl (C=O) groups excluding carboxylic acids is 1. The van der Waals surface area contributed by atoms with Crippen molar-refractivity contribution in [1.82, 2.24) is 0 Å². The molecule has 0 aromatic carbocycles. The second-order valence-corrected chi connectivity index (χ2v) is 3.22. The lowest BCUT2D eigenvalue weighted by Gasteiger charge is -2.05. The first-order valence-corrected chi connectivity index (χ1v) is 4.49. The molecule has 0 N–H and O–H groups in total. The Morgan fingerprint density at radius 1 is 1.46 bits per heavy atom. The standard InChI is InChI=1S/C10H12O3/c1-2-7-3-4-9(13-7)8-5-6-12-10(8)11/h2,7H,1,3-6H2/b9-8-. The van der Waals surface area contributed by atoms with Gasteiger partial charge in [-0.15, -0.1) is 0 Å². The van der Waals surface area contributed by atoms with Gasteiger partial charge in [-0.05, 0) is 6.42 Å². The van der Waals surface area contributed by atoms with Crippen molar-refractivity contribution in [3.63, 3.8) is 0 Å². The van der Waals surface area contributed by atoms with Crippen LogP contribution in [0.25, 0.3) is 0 Å². The first kappa shape index (κ1) is 8.35. The van der Waals surface area contributed by atoms with E-state index in [2.05, 4.69) is 6.58 Å². The summed E-state index contributed by atoms with van der Waals surface area (Å²) in [5.41, 5.74) is 0.726. The van der Waals surface area contributed by atoms with Gasteiger partial charge in [0.15, 0.2) is 0 Å². The molecule has 0 spiro atoms. The van der Waals surface area contributed by atoms with Crippen LogP contribution in [0.5, 0.6) is 0 Å². The summed E-state index contributed by atoms with van der Waals surface area (Å²) in [5.74, 6) is 0.604. The molecule has 0 aromatic heterocycles. The molecule has 0 radical (unpaired) electrons. The molecule has 2 heterocycles. The van der Waals surface area contributed by atoms with E-state index in [1.165, 1.54) is 0 Å². The van der Waals surface area contributed by atoms with Crippen molar-refractivity contribution in [3.05, 3.63) is 24.0 Å². The summed E-state index contributed by atoms with van der Waals surface area (Å²) >= 11 is 0. The molecule has 3 heteroatoms. The highest BCUT2D eigenvalue weighted by atomic mass is 16.5. The molecule has 2 aliphatic rings. The molecule has 1 unspecified atom stereocenters. The van der Waals surface area contributed by atoms with Crippen LogP contribution in [0, 0.1) is 0 Å². The Hall–Kier alpha value is -1.25. The molecule has 0 bridgehead atoms. The largest absolute Gasteiger partial charge is 0.490 e. The molecule has 2 rings (SSSR count). The van der Waals surface area contributed by atoms with Crippen LogP contribution in [0.2, 0.25) is 0 Å². The maximum Gasteiger partial charge on any atom is 0.337 e. The number of carbonyl (C=O) groups is 1. The fraction of sp³-hybridized carbons (Fsp3) is 0.500. The van der Waals surface area contributed by atoms with Gasteiger partial charge in [0.1, 0.15) is 11.9 Å². The van der Waals surface area contributed by atoms with Crippen molar-refractivity contribution in [1.29, 1.82) is 0 Å². The van der Waals surface area contributed by atoms with E-state index in [9.17, 15) is 4.79 Å². The van der Waals surface area contributed by atoms with Gasteiger partial charge < -0.3 is 9.47 Å². The fourth-order valence-corrected chi connectivity index (χ4v) is 1.65. The fourth-order valence-electron chi connectivity index (χ4n) is 1.65. The molecule has 1 atom stereocenters. The first-order chi connectivity index (χ1) is 6.31. The van der Waals surface area contributed by atoms with Gasteiger partial charge >= 0.3 is 5.97 Å². The second kappa shape index (κ2) is 3.24.